The van der Waals surface area contributed by atoms with Gasteiger partial charge in [0.1, 0.15) is 5.75 Å². The Morgan fingerprint density at radius 2 is 1.79 bits per heavy atom. The Morgan fingerprint density at radius 1 is 1.14 bits per heavy atom. The predicted molar refractivity (Wildman–Crippen MR) is 56.8 cm³/mol. The third kappa shape index (κ3) is 2.26. The van der Waals surface area contributed by atoms with Crippen molar-refractivity contribution in [3.63, 3.8) is 0 Å². The lowest BCUT2D eigenvalue weighted by Crippen LogP contribution is -2.27. The second-order valence-electron chi connectivity index (χ2n) is 3.63. The van der Waals surface area contributed by atoms with Gasteiger partial charge < -0.3 is 4.74 Å². The Balaban J connectivity index is 1.90. The van der Waals surface area contributed by atoms with Crippen LogP contribution in [0.4, 0.5) is 0 Å². The highest BCUT2D eigenvalue weighted by molar-refractivity contribution is 5.22. The number of likely N-dealkylation sites (tertiary alicyclic amines) is 1. The topological polar surface area (TPSA) is 12.5 Å². The van der Waals surface area contributed by atoms with Crippen LogP contribution < -0.4 is 4.74 Å². The third-order valence-electron chi connectivity index (χ3n) is 2.56. The molecule has 0 bridgehead atoms. The van der Waals surface area contributed by atoms with Crippen molar-refractivity contribution in [2.24, 2.45) is 0 Å². The summed E-state index contributed by atoms with van der Waals surface area (Å²) in [7, 11) is 0. The van der Waals surface area contributed by atoms with Gasteiger partial charge in [-0.2, -0.15) is 0 Å². The van der Waals surface area contributed by atoms with Crippen LogP contribution in [0.3, 0.4) is 0 Å². The van der Waals surface area contributed by atoms with Gasteiger partial charge in [0, 0.05) is 13.1 Å². The van der Waals surface area contributed by atoms with Gasteiger partial charge in [0.2, 0.25) is 6.23 Å². The molecule has 0 aliphatic carbocycles. The van der Waals surface area contributed by atoms with Crippen molar-refractivity contribution in [3.8, 4) is 5.75 Å². The van der Waals surface area contributed by atoms with Gasteiger partial charge in [0.05, 0.1) is 0 Å². The number of para-hydroxylation sites is 1. The Bertz CT molecular complexity index is 267. The van der Waals surface area contributed by atoms with E-state index in [2.05, 4.69) is 4.90 Å². The molecular formula is C12H16NO. The monoisotopic (exact) mass is 190 g/mol. The van der Waals surface area contributed by atoms with Crippen LogP contribution in [-0.2, 0) is 0 Å². The molecule has 0 atom stereocenters. The molecule has 2 rings (SSSR count). The summed E-state index contributed by atoms with van der Waals surface area (Å²) in [5.41, 5.74) is 0. The number of rotatable bonds is 3. The zero-order valence-corrected chi connectivity index (χ0v) is 8.57. The molecule has 0 spiro atoms. The van der Waals surface area contributed by atoms with E-state index in [0.717, 1.165) is 25.1 Å². The smallest absolute Gasteiger partial charge is 0.214 e. The van der Waals surface area contributed by atoms with Crippen molar-refractivity contribution in [2.45, 2.75) is 19.8 Å². The third-order valence-corrected chi connectivity index (χ3v) is 2.56. The fraction of sp³-hybridized carbons (Fsp3) is 0.417. The standard InChI is InChI=1S/C12H16NO/c1-11(13-9-5-6-10-13)14-12-7-3-2-4-8-12/h2-4,7-8H,5-6,9-10H2,1H3. The van der Waals surface area contributed by atoms with Gasteiger partial charge >= 0.3 is 0 Å². The van der Waals surface area contributed by atoms with E-state index in [0.29, 0.717) is 0 Å². The number of hydrogen-bond acceptors (Lipinski definition) is 2. The molecule has 1 aromatic rings. The molecule has 1 aliphatic heterocycles. The normalized spacial score (nSPS) is 17.6. The van der Waals surface area contributed by atoms with Gasteiger partial charge in [0.25, 0.3) is 0 Å². The first-order valence-corrected chi connectivity index (χ1v) is 5.17. The minimum Gasteiger partial charge on any atom is -0.467 e. The van der Waals surface area contributed by atoms with E-state index < -0.39 is 0 Å². The van der Waals surface area contributed by atoms with Crippen LogP contribution in [0.15, 0.2) is 30.3 Å². The quantitative estimate of drug-likeness (QED) is 0.726. The summed E-state index contributed by atoms with van der Waals surface area (Å²) in [5, 5.41) is 0. The number of hydrogen-bond donors (Lipinski definition) is 0. The first-order valence-electron chi connectivity index (χ1n) is 5.17. The molecule has 1 radical (unpaired) electrons. The summed E-state index contributed by atoms with van der Waals surface area (Å²) >= 11 is 0. The summed E-state index contributed by atoms with van der Waals surface area (Å²) in [6.07, 6.45) is 3.60. The maximum absolute atomic E-state index is 5.74. The van der Waals surface area contributed by atoms with Crippen molar-refractivity contribution >= 4 is 0 Å². The lowest BCUT2D eigenvalue weighted by Gasteiger charge is -2.22. The van der Waals surface area contributed by atoms with Crippen LogP contribution in [0, 0.1) is 6.23 Å². The highest BCUT2D eigenvalue weighted by atomic mass is 16.5. The molecule has 1 heterocycles. The average Bonchev–Trinajstić information content (AvgIpc) is 2.72. The fourth-order valence-electron chi connectivity index (χ4n) is 1.76. The summed E-state index contributed by atoms with van der Waals surface area (Å²) in [6, 6.07) is 9.95. The van der Waals surface area contributed by atoms with Gasteiger partial charge in [-0.1, -0.05) is 18.2 Å². The molecule has 0 saturated carbocycles. The van der Waals surface area contributed by atoms with E-state index in [4.69, 9.17) is 4.74 Å². The molecule has 0 N–H and O–H groups in total. The molecule has 1 saturated heterocycles. The van der Waals surface area contributed by atoms with E-state index >= 15 is 0 Å². The number of ether oxygens (including phenoxy) is 1. The van der Waals surface area contributed by atoms with Crippen LogP contribution in [-0.4, -0.2) is 18.0 Å². The van der Waals surface area contributed by atoms with Crippen molar-refractivity contribution in [1.82, 2.24) is 4.90 Å². The minimum atomic E-state index is 0.928. The van der Waals surface area contributed by atoms with Crippen molar-refractivity contribution in [2.75, 3.05) is 13.1 Å². The van der Waals surface area contributed by atoms with Gasteiger partial charge in [-0.3, -0.25) is 4.90 Å². The van der Waals surface area contributed by atoms with Gasteiger partial charge in [-0.25, -0.2) is 0 Å². The molecule has 75 valence electrons. The van der Waals surface area contributed by atoms with Gasteiger partial charge in [-0.15, -0.1) is 0 Å². The Morgan fingerprint density at radius 3 is 2.43 bits per heavy atom. The first-order chi connectivity index (χ1) is 6.86. The van der Waals surface area contributed by atoms with Crippen LogP contribution in [0.5, 0.6) is 5.75 Å². The Hall–Kier alpha value is -1.02. The molecule has 1 fully saturated rings. The summed E-state index contributed by atoms with van der Waals surface area (Å²) in [4.78, 5) is 2.30. The first kappa shape index (κ1) is 9.53. The number of benzene rings is 1. The summed E-state index contributed by atoms with van der Waals surface area (Å²) < 4.78 is 5.74. The van der Waals surface area contributed by atoms with Crippen LogP contribution >= 0.6 is 0 Å². The second-order valence-corrected chi connectivity index (χ2v) is 3.63. The Labute approximate surface area is 85.5 Å². The van der Waals surface area contributed by atoms with Crippen LogP contribution in [0.25, 0.3) is 0 Å². The Kier molecular flexibility index (Phi) is 3.04. The molecule has 0 amide bonds. The highest BCUT2D eigenvalue weighted by Crippen LogP contribution is 2.20. The summed E-state index contributed by atoms with van der Waals surface area (Å²) in [6.45, 7) is 4.32. The SMILES string of the molecule is C[C](Oc1ccccc1)N1CCCC1. The average molecular weight is 190 g/mol. The fourth-order valence-corrected chi connectivity index (χ4v) is 1.76. The lowest BCUT2D eigenvalue weighted by molar-refractivity contribution is 0.164. The van der Waals surface area contributed by atoms with Crippen molar-refractivity contribution in [3.05, 3.63) is 36.6 Å². The van der Waals surface area contributed by atoms with E-state index in [1.807, 2.05) is 37.3 Å². The van der Waals surface area contributed by atoms with Crippen LogP contribution in [0.2, 0.25) is 0 Å². The van der Waals surface area contributed by atoms with Crippen molar-refractivity contribution in [1.29, 1.82) is 0 Å². The molecule has 0 unspecified atom stereocenters. The molecule has 1 aromatic carbocycles. The van der Waals surface area contributed by atoms with E-state index in [9.17, 15) is 0 Å². The van der Waals surface area contributed by atoms with E-state index in [1.54, 1.807) is 0 Å². The minimum absolute atomic E-state index is 0.928. The highest BCUT2D eigenvalue weighted by Gasteiger charge is 2.20. The largest absolute Gasteiger partial charge is 0.467 e. The lowest BCUT2D eigenvalue weighted by atomic mass is 10.3. The summed E-state index contributed by atoms with van der Waals surface area (Å²) in [5.74, 6) is 0.928. The number of nitrogens with zero attached hydrogens (tertiary/aromatic N) is 1. The maximum atomic E-state index is 5.74. The van der Waals surface area contributed by atoms with Gasteiger partial charge in [-0.05, 0) is 31.9 Å². The maximum Gasteiger partial charge on any atom is 0.214 e. The van der Waals surface area contributed by atoms with E-state index in [-0.39, 0.29) is 0 Å². The van der Waals surface area contributed by atoms with Crippen molar-refractivity contribution < 1.29 is 4.74 Å². The van der Waals surface area contributed by atoms with Crippen LogP contribution in [0.1, 0.15) is 19.8 Å². The predicted octanol–water partition coefficient (Wildman–Crippen LogP) is 2.67. The molecule has 14 heavy (non-hydrogen) atoms. The van der Waals surface area contributed by atoms with E-state index in [1.165, 1.54) is 12.8 Å². The molecule has 1 aliphatic rings. The zero-order valence-electron chi connectivity index (χ0n) is 8.57. The molecule has 2 nitrogen and oxygen atoms in total. The van der Waals surface area contributed by atoms with Gasteiger partial charge in [0.15, 0.2) is 0 Å². The second kappa shape index (κ2) is 4.47. The molecule has 2 heteroatoms. The zero-order chi connectivity index (χ0) is 9.80. The molecular weight excluding hydrogens is 174 g/mol. The molecule has 0 aromatic heterocycles.